The summed E-state index contributed by atoms with van der Waals surface area (Å²) in [5.74, 6) is -0.0447. The van der Waals surface area contributed by atoms with Crippen LogP contribution in [0.5, 0.6) is 0 Å². The molecule has 22 heavy (non-hydrogen) atoms. The highest BCUT2D eigenvalue weighted by molar-refractivity contribution is 6.18. The van der Waals surface area contributed by atoms with E-state index < -0.39 is 0 Å². The topological polar surface area (TPSA) is 52.2 Å². The van der Waals surface area contributed by atoms with Crippen LogP contribution in [0.1, 0.15) is 21.6 Å². The zero-order valence-electron chi connectivity index (χ0n) is 12.3. The Morgan fingerprint density at radius 2 is 1.64 bits per heavy atom. The van der Waals surface area contributed by atoms with Crippen molar-refractivity contribution in [2.75, 3.05) is 0 Å². The van der Waals surface area contributed by atoms with Crippen LogP contribution in [0.4, 0.5) is 0 Å². The molecular formula is C17H14N4O. The van der Waals surface area contributed by atoms with Crippen molar-refractivity contribution in [3.8, 4) is 0 Å². The average Bonchev–Trinajstić information content (AvgIpc) is 3.06. The van der Waals surface area contributed by atoms with Gasteiger partial charge in [0.05, 0.1) is 0 Å². The van der Waals surface area contributed by atoms with E-state index in [-0.39, 0.29) is 5.78 Å². The standard InChI is InChI=1S/C17H14N4O/c1-11-7-9-12(10-8-11)16(22)15-13-5-3-4-6-14(13)17-20(2)18-19-21(15)17/h3-10H,1-2H3. The largest absolute Gasteiger partial charge is 0.287 e. The summed E-state index contributed by atoms with van der Waals surface area (Å²) in [6.45, 7) is 2.00. The van der Waals surface area contributed by atoms with Gasteiger partial charge in [0, 0.05) is 23.4 Å². The highest BCUT2D eigenvalue weighted by Gasteiger charge is 2.22. The summed E-state index contributed by atoms with van der Waals surface area (Å²) in [5, 5.41) is 10.0. The van der Waals surface area contributed by atoms with E-state index in [1.807, 2.05) is 62.5 Å². The van der Waals surface area contributed by atoms with Gasteiger partial charge in [-0.25, -0.2) is 4.68 Å². The van der Waals surface area contributed by atoms with E-state index in [9.17, 15) is 4.79 Å². The molecular weight excluding hydrogens is 276 g/mol. The predicted molar refractivity (Wildman–Crippen MR) is 84.1 cm³/mol. The average molecular weight is 290 g/mol. The minimum Gasteiger partial charge on any atom is -0.287 e. The first-order valence-electron chi connectivity index (χ1n) is 7.07. The lowest BCUT2D eigenvalue weighted by atomic mass is 10.0. The van der Waals surface area contributed by atoms with E-state index in [1.54, 1.807) is 9.20 Å². The molecule has 2 aromatic carbocycles. The van der Waals surface area contributed by atoms with Crippen LogP contribution in [0.15, 0.2) is 48.5 Å². The van der Waals surface area contributed by atoms with Gasteiger partial charge in [-0.05, 0) is 17.4 Å². The zero-order valence-corrected chi connectivity index (χ0v) is 12.3. The molecule has 5 heteroatoms. The van der Waals surface area contributed by atoms with Crippen molar-refractivity contribution in [1.29, 1.82) is 0 Å². The Labute approximate surface area is 126 Å². The number of hydrogen-bond donors (Lipinski definition) is 0. The fourth-order valence-corrected chi connectivity index (χ4v) is 2.82. The first-order chi connectivity index (χ1) is 10.7. The summed E-state index contributed by atoms with van der Waals surface area (Å²) in [6.07, 6.45) is 0. The number of carbonyl (C=O) groups is 1. The number of tetrazole rings is 1. The van der Waals surface area contributed by atoms with Crippen LogP contribution in [0.3, 0.4) is 0 Å². The number of rotatable bonds is 2. The number of ketones is 1. The molecule has 0 unspecified atom stereocenters. The van der Waals surface area contributed by atoms with Crippen LogP contribution < -0.4 is 0 Å². The third kappa shape index (κ3) is 1.69. The maximum atomic E-state index is 13.0. The van der Waals surface area contributed by atoms with Crippen molar-refractivity contribution in [3.05, 3.63) is 65.4 Å². The van der Waals surface area contributed by atoms with Crippen molar-refractivity contribution in [1.82, 2.24) is 19.6 Å². The van der Waals surface area contributed by atoms with E-state index in [1.165, 1.54) is 0 Å². The lowest BCUT2D eigenvalue weighted by Crippen LogP contribution is -2.06. The molecule has 0 atom stereocenters. The molecule has 5 nitrogen and oxygen atoms in total. The number of carbonyl (C=O) groups excluding carboxylic acids is 1. The molecule has 4 rings (SSSR count). The summed E-state index contributed by atoms with van der Waals surface area (Å²) in [5.41, 5.74) is 3.16. The molecule has 0 saturated carbocycles. The number of fused-ring (bicyclic) bond motifs is 3. The molecule has 0 spiro atoms. The van der Waals surface area contributed by atoms with Gasteiger partial charge in [-0.2, -0.15) is 4.52 Å². The Bertz CT molecular complexity index is 1010. The molecule has 0 bridgehead atoms. The normalized spacial score (nSPS) is 11.4. The number of nitrogens with zero attached hydrogens (tertiary/aromatic N) is 4. The van der Waals surface area contributed by atoms with E-state index in [2.05, 4.69) is 10.4 Å². The predicted octanol–water partition coefficient (Wildman–Crippen LogP) is 2.76. The van der Waals surface area contributed by atoms with Gasteiger partial charge in [-0.1, -0.05) is 54.1 Å². The van der Waals surface area contributed by atoms with Gasteiger partial charge in [-0.3, -0.25) is 4.79 Å². The minimum absolute atomic E-state index is 0.0447. The van der Waals surface area contributed by atoms with Gasteiger partial charge >= 0.3 is 0 Å². The quantitative estimate of drug-likeness (QED) is 0.533. The van der Waals surface area contributed by atoms with E-state index in [0.29, 0.717) is 11.3 Å². The van der Waals surface area contributed by atoms with Crippen LogP contribution in [0, 0.1) is 6.92 Å². The molecule has 0 aliphatic carbocycles. The van der Waals surface area contributed by atoms with E-state index in [0.717, 1.165) is 22.0 Å². The molecule has 2 aromatic heterocycles. The molecule has 108 valence electrons. The van der Waals surface area contributed by atoms with Gasteiger partial charge in [0.25, 0.3) is 0 Å². The summed E-state index contributed by atoms with van der Waals surface area (Å²) in [6, 6.07) is 15.4. The number of aryl methyl sites for hydroxylation is 2. The van der Waals surface area contributed by atoms with Crippen LogP contribution in [-0.4, -0.2) is 25.4 Å². The van der Waals surface area contributed by atoms with Gasteiger partial charge in [0.1, 0.15) is 5.69 Å². The molecule has 0 amide bonds. The second-order valence-corrected chi connectivity index (χ2v) is 5.43. The SMILES string of the molecule is Cc1ccc(C(=O)c2c3ccccc3c3n(C)nnn23)cc1. The fourth-order valence-electron chi connectivity index (χ4n) is 2.82. The highest BCUT2D eigenvalue weighted by atomic mass is 16.1. The van der Waals surface area contributed by atoms with Crippen molar-refractivity contribution < 1.29 is 4.79 Å². The van der Waals surface area contributed by atoms with Gasteiger partial charge in [0.15, 0.2) is 5.65 Å². The van der Waals surface area contributed by atoms with Crippen molar-refractivity contribution in [2.24, 2.45) is 7.05 Å². The van der Waals surface area contributed by atoms with Crippen LogP contribution in [-0.2, 0) is 7.05 Å². The fraction of sp³-hybridized carbons (Fsp3) is 0.118. The molecule has 0 aliphatic heterocycles. The van der Waals surface area contributed by atoms with Crippen molar-refractivity contribution in [3.63, 3.8) is 0 Å². The monoisotopic (exact) mass is 290 g/mol. The molecule has 0 radical (unpaired) electrons. The third-order valence-electron chi connectivity index (χ3n) is 3.93. The van der Waals surface area contributed by atoms with Gasteiger partial charge in [-0.15, -0.1) is 0 Å². The number of aromatic nitrogens is 4. The maximum Gasteiger partial charge on any atom is 0.212 e. The molecule has 0 fully saturated rings. The molecule has 2 heterocycles. The van der Waals surface area contributed by atoms with E-state index >= 15 is 0 Å². The van der Waals surface area contributed by atoms with Crippen LogP contribution >= 0.6 is 0 Å². The minimum atomic E-state index is -0.0447. The van der Waals surface area contributed by atoms with Crippen molar-refractivity contribution in [2.45, 2.75) is 6.92 Å². The lowest BCUT2D eigenvalue weighted by Gasteiger charge is -2.01. The molecule has 4 aromatic rings. The first-order valence-corrected chi connectivity index (χ1v) is 7.07. The van der Waals surface area contributed by atoms with Gasteiger partial charge < -0.3 is 0 Å². The third-order valence-corrected chi connectivity index (χ3v) is 3.93. The molecule has 0 aliphatic rings. The summed E-state index contributed by atoms with van der Waals surface area (Å²) >= 11 is 0. The van der Waals surface area contributed by atoms with E-state index in [4.69, 9.17) is 0 Å². The Morgan fingerprint density at radius 3 is 2.36 bits per heavy atom. The number of hydrogen-bond acceptors (Lipinski definition) is 3. The Kier molecular flexibility index (Phi) is 2.63. The molecule has 0 N–H and O–H groups in total. The maximum absolute atomic E-state index is 13.0. The van der Waals surface area contributed by atoms with Crippen LogP contribution in [0.25, 0.3) is 16.4 Å². The highest BCUT2D eigenvalue weighted by Crippen LogP contribution is 2.27. The molecule has 0 saturated heterocycles. The zero-order chi connectivity index (χ0) is 15.3. The Hall–Kier alpha value is -2.95. The first kappa shape index (κ1) is 12.8. The smallest absolute Gasteiger partial charge is 0.212 e. The Morgan fingerprint density at radius 1 is 0.955 bits per heavy atom. The summed E-state index contributed by atoms with van der Waals surface area (Å²) in [4.78, 5) is 13.0. The lowest BCUT2D eigenvalue weighted by molar-refractivity contribution is 0.103. The Balaban J connectivity index is 2.04. The second-order valence-electron chi connectivity index (χ2n) is 5.43. The number of benzene rings is 2. The van der Waals surface area contributed by atoms with Crippen LogP contribution in [0.2, 0.25) is 0 Å². The summed E-state index contributed by atoms with van der Waals surface area (Å²) in [7, 11) is 1.83. The summed E-state index contributed by atoms with van der Waals surface area (Å²) < 4.78 is 3.32. The second kappa shape index (κ2) is 4.53. The van der Waals surface area contributed by atoms with Crippen molar-refractivity contribution >= 4 is 22.2 Å². The van der Waals surface area contributed by atoms with Gasteiger partial charge in [0.2, 0.25) is 5.78 Å².